The number of hydrogen-bond donors (Lipinski definition) is 0. The number of nitrogens with zero attached hydrogens (tertiary/aromatic N) is 3. The molecule has 218 valence electrons. The number of halogens is 2. The number of hydrogen-bond acceptors (Lipinski definition) is 4. The zero-order valence-corrected chi connectivity index (χ0v) is 25.3. The van der Waals surface area contributed by atoms with Crippen molar-refractivity contribution >= 4 is 41.1 Å². The monoisotopic (exact) mass is 589 g/mol. The van der Waals surface area contributed by atoms with Gasteiger partial charge in [-0.25, -0.2) is 4.79 Å². The van der Waals surface area contributed by atoms with Crippen molar-refractivity contribution in [2.45, 2.75) is 76.9 Å². The largest absolute Gasteiger partial charge is 0.446 e. The standard InChI is InChI=1S/C31H41Cl2N3O4/c1-18-20-4-6-22(18)27(15-20)40-30(39)34(3)26-17-36(16-23(26)21-5-7-24(32)25(33)14-21)28(37)19-8-12-35(13-9-19)29(38)31(2)10-11-31/h5,7,14,18-20,22-23,26-27H,4,6,8-13,15-17H2,1-3H3. The van der Waals surface area contributed by atoms with E-state index in [1.54, 1.807) is 18.0 Å². The third-order valence-electron chi connectivity index (χ3n) is 11.0. The molecular formula is C31H41Cl2N3O4. The summed E-state index contributed by atoms with van der Waals surface area (Å²) >= 11 is 12.6. The van der Waals surface area contributed by atoms with Gasteiger partial charge in [-0.2, -0.15) is 0 Å². The van der Waals surface area contributed by atoms with Crippen molar-refractivity contribution in [2.75, 3.05) is 33.2 Å². The minimum Gasteiger partial charge on any atom is -0.446 e. The van der Waals surface area contributed by atoms with Crippen LogP contribution in [0.4, 0.5) is 4.79 Å². The quantitative estimate of drug-likeness (QED) is 0.433. The summed E-state index contributed by atoms with van der Waals surface area (Å²) in [4.78, 5) is 45.6. The molecule has 0 spiro atoms. The zero-order valence-electron chi connectivity index (χ0n) is 23.8. The molecule has 6 unspecified atom stereocenters. The van der Waals surface area contributed by atoms with E-state index in [0.717, 1.165) is 31.2 Å². The third kappa shape index (κ3) is 5.10. The van der Waals surface area contributed by atoms with Crippen LogP contribution in [0.15, 0.2) is 18.2 Å². The molecule has 1 aromatic rings. The first kappa shape index (κ1) is 28.1. The topological polar surface area (TPSA) is 70.2 Å². The van der Waals surface area contributed by atoms with E-state index in [1.807, 2.05) is 28.9 Å². The molecular weight excluding hydrogens is 549 g/mol. The van der Waals surface area contributed by atoms with Crippen molar-refractivity contribution in [3.63, 3.8) is 0 Å². The molecule has 3 amide bonds. The summed E-state index contributed by atoms with van der Waals surface area (Å²) in [7, 11) is 1.80. The highest BCUT2D eigenvalue weighted by Gasteiger charge is 2.50. The Kier molecular flexibility index (Phi) is 7.52. The summed E-state index contributed by atoms with van der Waals surface area (Å²) in [5.41, 5.74) is 0.780. The fourth-order valence-corrected chi connectivity index (χ4v) is 8.20. The van der Waals surface area contributed by atoms with Crippen LogP contribution in [0.5, 0.6) is 0 Å². The number of likely N-dealkylation sites (tertiary alicyclic amines) is 2. The molecule has 2 heterocycles. The number of benzene rings is 1. The SMILES string of the molecule is CC1C2CCC1C(OC(=O)N(C)C1CN(C(=O)C3CCN(C(=O)C4(C)CC4)CC3)CC1c1ccc(Cl)c(Cl)c1)C2. The van der Waals surface area contributed by atoms with Crippen molar-refractivity contribution in [1.29, 1.82) is 0 Å². The summed E-state index contributed by atoms with van der Waals surface area (Å²) in [5, 5.41) is 0.942. The van der Waals surface area contributed by atoms with Gasteiger partial charge in [0.1, 0.15) is 6.10 Å². The maximum Gasteiger partial charge on any atom is 0.410 e. The number of piperidine rings is 1. The van der Waals surface area contributed by atoms with Crippen molar-refractivity contribution in [2.24, 2.45) is 29.1 Å². The molecule has 2 aliphatic heterocycles. The van der Waals surface area contributed by atoms with Crippen LogP contribution in [0.25, 0.3) is 0 Å². The number of likely N-dealkylation sites (N-methyl/N-ethyl adjacent to an activating group) is 1. The number of carbonyl (C=O) groups excluding carboxylic acids is 3. The molecule has 0 N–H and O–H groups in total. The van der Waals surface area contributed by atoms with Crippen LogP contribution in [0.3, 0.4) is 0 Å². The molecule has 2 bridgehead atoms. The molecule has 0 radical (unpaired) electrons. The minimum atomic E-state index is -0.311. The first-order valence-corrected chi connectivity index (χ1v) is 15.8. The van der Waals surface area contributed by atoms with Gasteiger partial charge in [0.25, 0.3) is 0 Å². The fourth-order valence-electron chi connectivity index (χ4n) is 7.90. The maximum absolute atomic E-state index is 13.8. The third-order valence-corrected chi connectivity index (χ3v) is 11.7. The predicted octanol–water partition coefficient (Wildman–Crippen LogP) is 5.83. The Morgan fingerprint density at radius 3 is 2.33 bits per heavy atom. The Morgan fingerprint density at radius 2 is 1.73 bits per heavy atom. The van der Waals surface area contributed by atoms with Gasteiger partial charge in [0.05, 0.1) is 16.1 Å². The fraction of sp³-hybridized carbons (Fsp3) is 0.710. The Labute approximate surface area is 247 Å². The molecule has 7 nitrogen and oxygen atoms in total. The number of rotatable bonds is 5. The molecule has 9 heteroatoms. The van der Waals surface area contributed by atoms with E-state index in [1.165, 1.54) is 6.42 Å². The van der Waals surface area contributed by atoms with E-state index in [2.05, 4.69) is 6.92 Å². The molecule has 5 fully saturated rings. The lowest BCUT2D eigenvalue weighted by atomic mass is 9.93. The second kappa shape index (κ2) is 10.7. The van der Waals surface area contributed by atoms with E-state index in [4.69, 9.17) is 27.9 Å². The Bertz CT molecular complexity index is 1180. The molecule has 3 aliphatic carbocycles. The lowest BCUT2D eigenvalue weighted by Crippen LogP contribution is -2.47. The average Bonchev–Trinajstić information content (AvgIpc) is 3.26. The predicted molar refractivity (Wildman–Crippen MR) is 154 cm³/mol. The smallest absolute Gasteiger partial charge is 0.410 e. The Balaban J connectivity index is 1.14. The highest BCUT2D eigenvalue weighted by Crippen LogP contribution is 2.50. The van der Waals surface area contributed by atoms with Crippen LogP contribution in [0, 0.1) is 29.1 Å². The van der Waals surface area contributed by atoms with E-state index >= 15 is 0 Å². The summed E-state index contributed by atoms with van der Waals surface area (Å²) in [6.07, 6.45) is 6.29. The first-order chi connectivity index (χ1) is 19.1. The van der Waals surface area contributed by atoms with Gasteiger partial charge in [0.15, 0.2) is 0 Å². The van der Waals surface area contributed by atoms with Crippen LogP contribution in [0.2, 0.25) is 10.0 Å². The maximum atomic E-state index is 13.8. The molecule has 3 saturated carbocycles. The van der Waals surface area contributed by atoms with Crippen LogP contribution in [-0.4, -0.2) is 78.0 Å². The molecule has 40 heavy (non-hydrogen) atoms. The van der Waals surface area contributed by atoms with Gasteiger partial charge in [-0.15, -0.1) is 0 Å². The van der Waals surface area contributed by atoms with E-state index in [-0.39, 0.29) is 47.3 Å². The van der Waals surface area contributed by atoms with Gasteiger partial charge < -0.3 is 19.4 Å². The molecule has 5 aliphatic rings. The molecule has 1 aromatic carbocycles. The number of ether oxygens (including phenoxy) is 1. The van der Waals surface area contributed by atoms with Gasteiger partial charge in [-0.3, -0.25) is 9.59 Å². The number of amides is 3. The van der Waals surface area contributed by atoms with Crippen LogP contribution in [-0.2, 0) is 14.3 Å². The summed E-state index contributed by atoms with van der Waals surface area (Å²) in [5.74, 6) is 1.86. The number of carbonyl (C=O) groups is 3. The van der Waals surface area contributed by atoms with Gasteiger partial charge in [0.2, 0.25) is 11.8 Å². The summed E-state index contributed by atoms with van der Waals surface area (Å²) in [6, 6.07) is 5.35. The van der Waals surface area contributed by atoms with Crippen molar-refractivity contribution in [1.82, 2.24) is 14.7 Å². The van der Waals surface area contributed by atoms with Crippen LogP contribution < -0.4 is 0 Å². The minimum absolute atomic E-state index is 0.0166. The van der Waals surface area contributed by atoms with E-state index in [0.29, 0.717) is 66.8 Å². The van der Waals surface area contributed by atoms with Gasteiger partial charge in [-0.05, 0) is 80.4 Å². The van der Waals surface area contributed by atoms with E-state index in [9.17, 15) is 14.4 Å². The lowest BCUT2D eigenvalue weighted by molar-refractivity contribution is -0.142. The second-order valence-electron chi connectivity index (χ2n) is 13.3. The highest BCUT2D eigenvalue weighted by molar-refractivity contribution is 6.42. The van der Waals surface area contributed by atoms with Crippen molar-refractivity contribution in [3.8, 4) is 0 Å². The number of fused-ring (bicyclic) bond motifs is 2. The van der Waals surface area contributed by atoms with Gasteiger partial charge in [-0.1, -0.05) is 43.1 Å². The first-order valence-electron chi connectivity index (χ1n) is 15.0. The Hall–Kier alpha value is -1.99. The second-order valence-corrected chi connectivity index (χ2v) is 14.2. The van der Waals surface area contributed by atoms with Gasteiger partial charge >= 0.3 is 6.09 Å². The van der Waals surface area contributed by atoms with Crippen LogP contribution in [0.1, 0.15) is 70.3 Å². The van der Waals surface area contributed by atoms with Gasteiger partial charge in [0, 0.05) is 50.5 Å². The summed E-state index contributed by atoms with van der Waals surface area (Å²) < 4.78 is 6.09. The molecule has 6 atom stereocenters. The summed E-state index contributed by atoms with van der Waals surface area (Å²) in [6.45, 7) is 6.53. The Morgan fingerprint density at radius 1 is 1.00 bits per heavy atom. The zero-order chi connectivity index (χ0) is 28.3. The molecule has 0 aromatic heterocycles. The van der Waals surface area contributed by atoms with Crippen molar-refractivity contribution in [3.05, 3.63) is 33.8 Å². The lowest BCUT2D eigenvalue weighted by Gasteiger charge is -2.34. The molecule has 2 saturated heterocycles. The molecule has 6 rings (SSSR count). The van der Waals surface area contributed by atoms with Crippen LogP contribution >= 0.6 is 23.2 Å². The average molecular weight is 591 g/mol. The normalized spacial score (nSPS) is 32.8. The van der Waals surface area contributed by atoms with E-state index < -0.39 is 0 Å². The highest BCUT2D eigenvalue weighted by atomic mass is 35.5. The van der Waals surface area contributed by atoms with Crippen molar-refractivity contribution < 1.29 is 19.1 Å².